The van der Waals surface area contributed by atoms with E-state index >= 15 is 0 Å². The lowest BCUT2D eigenvalue weighted by Crippen LogP contribution is -2.02. The van der Waals surface area contributed by atoms with Gasteiger partial charge in [-0.15, -0.1) is 0 Å². The van der Waals surface area contributed by atoms with E-state index in [-0.39, 0.29) is 16.9 Å². The van der Waals surface area contributed by atoms with Gasteiger partial charge in [-0.25, -0.2) is 0 Å². The van der Waals surface area contributed by atoms with Gasteiger partial charge < -0.3 is 10.8 Å². The highest BCUT2D eigenvalue weighted by Crippen LogP contribution is 2.25. The lowest BCUT2D eigenvalue weighted by molar-refractivity contribution is 0.484. The summed E-state index contributed by atoms with van der Waals surface area (Å²) in [6, 6.07) is 10.2. The van der Waals surface area contributed by atoms with Crippen molar-refractivity contribution in [1.82, 2.24) is 0 Å². The van der Waals surface area contributed by atoms with Crippen molar-refractivity contribution in [3.63, 3.8) is 0 Å². The highest BCUT2D eigenvalue weighted by Gasteiger charge is 2.03. The molecule has 0 radical (unpaired) electrons. The van der Waals surface area contributed by atoms with E-state index in [1.54, 1.807) is 18.2 Å². The summed E-state index contributed by atoms with van der Waals surface area (Å²) >= 11 is 0. The van der Waals surface area contributed by atoms with Gasteiger partial charge in [0.15, 0.2) is 0 Å². The molecule has 0 aliphatic heterocycles. The average molecular weight is 187 g/mol. The summed E-state index contributed by atoms with van der Waals surface area (Å²) in [7, 11) is 0. The number of nitrogen functional groups attached to an aromatic ring is 1. The molecular weight excluding hydrogens is 178 g/mol. The van der Waals surface area contributed by atoms with Crippen molar-refractivity contribution in [3.8, 4) is 5.75 Å². The van der Waals surface area contributed by atoms with Crippen LogP contribution in [0, 0.1) is 0 Å². The Morgan fingerprint density at radius 2 is 1.79 bits per heavy atom. The second-order valence-electron chi connectivity index (χ2n) is 3.05. The SMILES string of the molecule is Nc1c(O)c2ccccc2ccc1=O. The van der Waals surface area contributed by atoms with Crippen molar-refractivity contribution >= 4 is 16.5 Å². The number of hydrogen-bond donors (Lipinski definition) is 2. The monoisotopic (exact) mass is 187 g/mol. The van der Waals surface area contributed by atoms with Crippen LogP contribution in [0.4, 0.5) is 5.69 Å². The van der Waals surface area contributed by atoms with Crippen LogP contribution in [0.5, 0.6) is 5.75 Å². The maximum Gasteiger partial charge on any atom is 0.205 e. The van der Waals surface area contributed by atoms with Gasteiger partial charge in [0.25, 0.3) is 0 Å². The Morgan fingerprint density at radius 1 is 1.07 bits per heavy atom. The van der Waals surface area contributed by atoms with Crippen LogP contribution in [-0.4, -0.2) is 5.11 Å². The Hall–Kier alpha value is -2.03. The normalized spacial score (nSPS) is 10.3. The minimum absolute atomic E-state index is 0.105. The van der Waals surface area contributed by atoms with Crippen LogP contribution >= 0.6 is 0 Å². The largest absolute Gasteiger partial charge is 0.505 e. The first kappa shape index (κ1) is 8.56. The van der Waals surface area contributed by atoms with Gasteiger partial charge >= 0.3 is 0 Å². The summed E-state index contributed by atoms with van der Waals surface area (Å²) in [5, 5.41) is 11.1. The van der Waals surface area contributed by atoms with Crippen LogP contribution in [0.15, 0.2) is 41.2 Å². The molecule has 0 saturated carbocycles. The van der Waals surface area contributed by atoms with E-state index in [1.165, 1.54) is 6.07 Å². The van der Waals surface area contributed by atoms with Gasteiger partial charge in [0.2, 0.25) is 5.43 Å². The van der Waals surface area contributed by atoms with Gasteiger partial charge in [-0.2, -0.15) is 0 Å². The Kier molecular flexibility index (Phi) is 1.85. The Balaban J connectivity index is 3.07. The summed E-state index contributed by atoms with van der Waals surface area (Å²) in [5.41, 5.74) is 5.00. The molecule has 0 aromatic heterocycles. The third kappa shape index (κ3) is 1.19. The zero-order valence-corrected chi connectivity index (χ0v) is 7.40. The lowest BCUT2D eigenvalue weighted by Gasteiger charge is -1.95. The summed E-state index contributed by atoms with van der Waals surface area (Å²) in [6.45, 7) is 0. The first-order valence-electron chi connectivity index (χ1n) is 4.20. The van der Waals surface area contributed by atoms with E-state index in [1.807, 2.05) is 12.1 Å². The maximum absolute atomic E-state index is 11.3. The van der Waals surface area contributed by atoms with Gasteiger partial charge in [-0.05, 0) is 11.5 Å². The Morgan fingerprint density at radius 3 is 2.57 bits per heavy atom. The van der Waals surface area contributed by atoms with E-state index in [4.69, 9.17) is 5.73 Å². The van der Waals surface area contributed by atoms with Crippen LogP contribution in [0.3, 0.4) is 0 Å². The number of anilines is 1. The van der Waals surface area contributed by atoms with Gasteiger partial charge in [0.1, 0.15) is 11.4 Å². The fourth-order valence-electron chi connectivity index (χ4n) is 1.38. The molecule has 0 bridgehead atoms. The van der Waals surface area contributed by atoms with E-state index in [0.717, 1.165) is 5.39 Å². The molecule has 0 saturated heterocycles. The highest BCUT2D eigenvalue weighted by atomic mass is 16.3. The van der Waals surface area contributed by atoms with Crippen LogP contribution < -0.4 is 11.2 Å². The van der Waals surface area contributed by atoms with Gasteiger partial charge in [0, 0.05) is 5.39 Å². The standard InChI is InChI=1S/C11H9NO2/c12-10-9(13)6-5-7-3-1-2-4-8(7)11(10)14/h1-6H,(H3,12,13,14). The molecule has 14 heavy (non-hydrogen) atoms. The van der Waals surface area contributed by atoms with Gasteiger partial charge in [0.05, 0.1) is 0 Å². The number of rotatable bonds is 0. The van der Waals surface area contributed by atoms with Crippen LogP contribution in [0.1, 0.15) is 0 Å². The molecule has 0 atom stereocenters. The van der Waals surface area contributed by atoms with Gasteiger partial charge in [-0.3, -0.25) is 4.79 Å². The van der Waals surface area contributed by atoms with E-state index in [9.17, 15) is 9.90 Å². The molecule has 2 rings (SSSR count). The number of aromatic hydroxyl groups is 1. The van der Waals surface area contributed by atoms with Crippen molar-refractivity contribution < 1.29 is 5.11 Å². The third-order valence-corrected chi connectivity index (χ3v) is 2.15. The topological polar surface area (TPSA) is 63.3 Å². The zero-order valence-electron chi connectivity index (χ0n) is 7.40. The van der Waals surface area contributed by atoms with E-state index < -0.39 is 0 Å². The molecule has 0 amide bonds. The molecule has 3 nitrogen and oxygen atoms in total. The van der Waals surface area contributed by atoms with Crippen LogP contribution in [-0.2, 0) is 0 Å². The zero-order chi connectivity index (χ0) is 10.1. The molecule has 2 aromatic carbocycles. The molecule has 0 unspecified atom stereocenters. The lowest BCUT2D eigenvalue weighted by atomic mass is 10.2. The molecule has 70 valence electrons. The highest BCUT2D eigenvalue weighted by molar-refractivity contribution is 5.90. The summed E-state index contributed by atoms with van der Waals surface area (Å²) in [4.78, 5) is 11.3. The summed E-state index contributed by atoms with van der Waals surface area (Å²) in [5.74, 6) is -0.143. The first-order chi connectivity index (χ1) is 6.70. The number of benzene rings is 1. The molecule has 0 spiro atoms. The summed E-state index contributed by atoms with van der Waals surface area (Å²) in [6.07, 6.45) is 0. The molecule has 2 aromatic rings. The predicted octanol–water partition coefficient (Wildman–Crippen LogP) is 1.49. The average Bonchev–Trinajstić information content (AvgIpc) is 2.32. The third-order valence-electron chi connectivity index (χ3n) is 2.15. The van der Waals surface area contributed by atoms with Crippen molar-refractivity contribution in [1.29, 1.82) is 0 Å². The fraction of sp³-hybridized carbons (Fsp3) is 0. The van der Waals surface area contributed by atoms with Crippen molar-refractivity contribution in [3.05, 3.63) is 46.6 Å². The van der Waals surface area contributed by atoms with Crippen LogP contribution in [0.2, 0.25) is 0 Å². The number of nitrogens with two attached hydrogens (primary N) is 1. The van der Waals surface area contributed by atoms with E-state index in [0.29, 0.717) is 5.39 Å². The van der Waals surface area contributed by atoms with Crippen molar-refractivity contribution in [2.45, 2.75) is 0 Å². The number of fused-ring (bicyclic) bond motifs is 1. The maximum atomic E-state index is 11.3. The fourth-order valence-corrected chi connectivity index (χ4v) is 1.38. The molecule has 0 fully saturated rings. The molecule has 3 N–H and O–H groups in total. The Bertz CT molecular complexity index is 549. The van der Waals surface area contributed by atoms with Crippen molar-refractivity contribution in [2.24, 2.45) is 0 Å². The summed E-state index contributed by atoms with van der Waals surface area (Å²) < 4.78 is 0. The molecule has 0 aliphatic carbocycles. The van der Waals surface area contributed by atoms with Gasteiger partial charge in [-0.1, -0.05) is 30.3 Å². The van der Waals surface area contributed by atoms with E-state index in [2.05, 4.69) is 0 Å². The van der Waals surface area contributed by atoms with Crippen LogP contribution in [0.25, 0.3) is 10.8 Å². The first-order valence-corrected chi connectivity index (χ1v) is 4.20. The molecule has 3 heteroatoms. The smallest absolute Gasteiger partial charge is 0.205 e. The quantitative estimate of drug-likeness (QED) is 0.656. The number of hydrogen-bond acceptors (Lipinski definition) is 3. The second-order valence-corrected chi connectivity index (χ2v) is 3.05. The van der Waals surface area contributed by atoms with Crippen molar-refractivity contribution in [2.75, 3.05) is 5.73 Å². The Labute approximate surface area is 80.4 Å². The predicted molar refractivity (Wildman–Crippen MR) is 56.3 cm³/mol. The molecule has 0 aliphatic rings. The minimum Gasteiger partial charge on any atom is -0.505 e. The molecule has 0 heterocycles. The molecular formula is C11H9NO2. The second kappa shape index (κ2) is 3.03. The minimum atomic E-state index is -0.362.